The minimum Gasteiger partial charge on any atom is -0.386 e. The number of aliphatic hydroxyl groups excluding tert-OH is 1. The van der Waals surface area contributed by atoms with Crippen LogP contribution in [0.15, 0.2) is 12.1 Å². The molecule has 3 atom stereocenters. The fourth-order valence-corrected chi connectivity index (χ4v) is 3.65. The highest BCUT2D eigenvalue weighted by atomic mass is 35.5. The molecule has 3 unspecified atom stereocenters. The zero-order chi connectivity index (χ0) is 11.8. The molecule has 1 saturated carbocycles. The molecule has 0 saturated heterocycles. The predicted octanol–water partition coefficient (Wildman–Crippen LogP) is 3.76. The molecule has 1 aromatic rings. The number of halogens is 1. The molecule has 0 aromatic carbocycles. The van der Waals surface area contributed by atoms with Gasteiger partial charge >= 0.3 is 0 Å². The summed E-state index contributed by atoms with van der Waals surface area (Å²) in [6, 6.07) is 5.92. The Kier molecular flexibility index (Phi) is 3.25. The molecule has 86 valence electrons. The Balaban J connectivity index is 2.26. The molecule has 1 fully saturated rings. The normalized spacial score (nSPS) is 31.2. The largest absolute Gasteiger partial charge is 0.386 e. The van der Waals surface area contributed by atoms with Crippen molar-refractivity contribution >= 4 is 22.9 Å². The van der Waals surface area contributed by atoms with Crippen LogP contribution in [0.4, 0.5) is 0 Å². The van der Waals surface area contributed by atoms with Crippen molar-refractivity contribution in [2.75, 3.05) is 0 Å². The highest BCUT2D eigenvalue weighted by molar-refractivity contribution is 7.16. The van der Waals surface area contributed by atoms with Gasteiger partial charge in [0, 0.05) is 4.88 Å². The zero-order valence-electron chi connectivity index (χ0n) is 9.11. The van der Waals surface area contributed by atoms with E-state index in [-0.39, 0.29) is 0 Å². The molecule has 0 amide bonds. The average molecular weight is 256 g/mol. The van der Waals surface area contributed by atoms with Crippen molar-refractivity contribution in [1.29, 1.82) is 5.26 Å². The Bertz CT molecular complexity index is 425. The van der Waals surface area contributed by atoms with Gasteiger partial charge < -0.3 is 5.11 Å². The molecule has 16 heavy (non-hydrogen) atoms. The van der Waals surface area contributed by atoms with E-state index in [1.807, 2.05) is 6.07 Å². The summed E-state index contributed by atoms with van der Waals surface area (Å²) >= 11 is 7.22. The van der Waals surface area contributed by atoms with E-state index in [4.69, 9.17) is 11.6 Å². The second kappa shape index (κ2) is 4.37. The van der Waals surface area contributed by atoms with Gasteiger partial charge in [0.25, 0.3) is 0 Å². The van der Waals surface area contributed by atoms with Crippen molar-refractivity contribution in [3.05, 3.63) is 21.3 Å². The molecule has 2 rings (SSSR count). The zero-order valence-corrected chi connectivity index (χ0v) is 10.7. The Labute approximate surface area is 104 Å². The maximum Gasteiger partial charge on any atom is 0.107 e. The maximum atomic E-state index is 10.3. The first-order chi connectivity index (χ1) is 7.57. The Morgan fingerprint density at radius 2 is 2.44 bits per heavy atom. The standard InChI is InChI=1S/C12H14ClNOS/c1-8-4-5-12(6-8,7-14)11(15)9-2-3-10(13)16-9/h2-3,8,11,15H,4-6H2,1H3. The number of hydrogen-bond donors (Lipinski definition) is 1. The van der Waals surface area contributed by atoms with Crippen molar-refractivity contribution in [1.82, 2.24) is 0 Å². The quantitative estimate of drug-likeness (QED) is 0.874. The first kappa shape index (κ1) is 11.9. The van der Waals surface area contributed by atoms with Crippen LogP contribution in [0.25, 0.3) is 0 Å². The van der Waals surface area contributed by atoms with Gasteiger partial charge in [-0.2, -0.15) is 5.26 Å². The number of nitriles is 1. The summed E-state index contributed by atoms with van der Waals surface area (Å²) in [4.78, 5) is 0.806. The van der Waals surface area contributed by atoms with Gasteiger partial charge in [0.05, 0.1) is 15.8 Å². The lowest BCUT2D eigenvalue weighted by atomic mass is 9.80. The summed E-state index contributed by atoms with van der Waals surface area (Å²) in [5.74, 6) is 0.518. The molecule has 0 aliphatic heterocycles. The van der Waals surface area contributed by atoms with E-state index >= 15 is 0 Å². The summed E-state index contributed by atoms with van der Waals surface area (Å²) in [7, 11) is 0. The van der Waals surface area contributed by atoms with Crippen LogP contribution in [0.3, 0.4) is 0 Å². The fourth-order valence-electron chi connectivity index (χ4n) is 2.49. The molecule has 1 N–H and O–H groups in total. The number of nitrogens with zero attached hydrogens (tertiary/aromatic N) is 1. The number of rotatable bonds is 2. The third-order valence-corrected chi connectivity index (χ3v) is 4.69. The van der Waals surface area contributed by atoms with E-state index in [2.05, 4.69) is 13.0 Å². The van der Waals surface area contributed by atoms with Crippen LogP contribution in [0, 0.1) is 22.7 Å². The van der Waals surface area contributed by atoms with Crippen LogP contribution in [0.5, 0.6) is 0 Å². The molecule has 0 bridgehead atoms. The van der Waals surface area contributed by atoms with Crippen LogP contribution in [-0.4, -0.2) is 5.11 Å². The summed E-state index contributed by atoms with van der Waals surface area (Å²) in [5.41, 5.74) is -0.604. The van der Waals surface area contributed by atoms with Crippen molar-refractivity contribution < 1.29 is 5.11 Å². The minimum atomic E-state index is -0.694. The summed E-state index contributed by atoms with van der Waals surface area (Å²) in [6.45, 7) is 2.13. The molecule has 1 heterocycles. The molecule has 0 spiro atoms. The Morgan fingerprint density at radius 3 is 2.88 bits per heavy atom. The van der Waals surface area contributed by atoms with Crippen LogP contribution in [0.1, 0.15) is 37.2 Å². The highest BCUT2D eigenvalue weighted by Gasteiger charge is 2.44. The third kappa shape index (κ3) is 1.98. The maximum absolute atomic E-state index is 10.3. The third-order valence-electron chi connectivity index (χ3n) is 3.41. The molecule has 1 aliphatic rings. The van der Waals surface area contributed by atoms with Crippen LogP contribution >= 0.6 is 22.9 Å². The molecule has 0 radical (unpaired) electrons. The molecule has 2 nitrogen and oxygen atoms in total. The SMILES string of the molecule is CC1CCC(C#N)(C(O)c2ccc(Cl)s2)C1. The van der Waals surface area contributed by atoms with Crippen molar-refractivity contribution in [2.24, 2.45) is 11.3 Å². The van der Waals surface area contributed by atoms with Gasteiger partial charge in [-0.3, -0.25) is 0 Å². The van der Waals surface area contributed by atoms with E-state index < -0.39 is 11.5 Å². The van der Waals surface area contributed by atoms with Crippen molar-refractivity contribution in [2.45, 2.75) is 32.3 Å². The topological polar surface area (TPSA) is 44.0 Å². The number of thiophene rings is 1. The minimum absolute atomic E-state index is 0.518. The molecular weight excluding hydrogens is 242 g/mol. The molecule has 4 heteroatoms. The lowest BCUT2D eigenvalue weighted by molar-refractivity contribution is 0.0678. The lowest BCUT2D eigenvalue weighted by Gasteiger charge is -2.26. The smallest absolute Gasteiger partial charge is 0.107 e. The molecule has 1 aliphatic carbocycles. The molecular formula is C12H14ClNOS. The van der Waals surface area contributed by atoms with Gasteiger partial charge in [-0.05, 0) is 37.3 Å². The van der Waals surface area contributed by atoms with Gasteiger partial charge in [-0.15, -0.1) is 11.3 Å². The van der Waals surface area contributed by atoms with Gasteiger partial charge in [-0.1, -0.05) is 18.5 Å². The predicted molar refractivity (Wildman–Crippen MR) is 65.3 cm³/mol. The van der Waals surface area contributed by atoms with E-state index in [0.29, 0.717) is 10.3 Å². The monoisotopic (exact) mass is 255 g/mol. The Morgan fingerprint density at radius 1 is 1.69 bits per heavy atom. The summed E-state index contributed by atoms with van der Waals surface area (Å²) in [5, 5.41) is 19.7. The number of hydrogen-bond acceptors (Lipinski definition) is 3. The van der Waals surface area contributed by atoms with Crippen molar-refractivity contribution in [3.63, 3.8) is 0 Å². The summed E-state index contributed by atoms with van der Waals surface area (Å²) < 4.78 is 0.660. The van der Waals surface area contributed by atoms with Crippen LogP contribution in [0.2, 0.25) is 4.34 Å². The summed E-state index contributed by atoms with van der Waals surface area (Å²) in [6.07, 6.45) is 1.88. The average Bonchev–Trinajstić information content (AvgIpc) is 2.85. The Hall–Kier alpha value is -0.560. The second-order valence-corrected chi connectivity index (χ2v) is 6.41. The van der Waals surface area contributed by atoms with Gasteiger partial charge in [-0.25, -0.2) is 0 Å². The lowest BCUT2D eigenvalue weighted by Crippen LogP contribution is -2.23. The van der Waals surface area contributed by atoms with Gasteiger partial charge in [0.1, 0.15) is 6.10 Å². The van der Waals surface area contributed by atoms with Crippen LogP contribution in [-0.2, 0) is 0 Å². The van der Waals surface area contributed by atoms with Gasteiger partial charge in [0.2, 0.25) is 0 Å². The number of aliphatic hydroxyl groups is 1. The van der Waals surface area contributed by atoms with E-state index in [1.165, 1.54) is 11.3 Å². The van der Waals surface area contributed by atoms with Gasteiger partial charge in [0.15, 0.2) is 0 Å². The first-order valence-electron chi connectivity index (χ1n) is 5.42. The fraction of sp³-hybridized carbons (Fsp3) is 0.583. The highest BCUT2D eigenvalue weighted by Crippen LogP contribution is 2.50. The van der Waals surface area contributed by atoms with E-state index in [1.54, 1.807) is 6.07 Å². The first-order valence-corrected chi connectivity index (χ1v) is 6.61. The molecule has 1 aromatic heterocycles. The van der Waals surface area contributed by atoms with E-state index in [0.717, 1.165) is 24.1 Å². The van der Waals surface area contributed by atoms with Crippen molar-refractivity contribution in [3.8, 4) is 6.07 Å². The van der Waals surface area contributed by atoms with E-state index in [9.17, 15) is 10.4 Å². The van der Waals surface area contributed by atoms with Crippen LogP contribution < -0.4 is 0 Å². The second-order valence-electron chi connectivity index (χ2n) is 4.66.